The standard InChI is InChI=1S/C24H19Cl2N3O4/c1-15-5-2-3-8-19(15)23(31)27-14-22(30)29-28-13-16-6-4-7-18(11-16)33-24(32)20-10-9-17(25)12-21(20)26/h2-13H,14H2,1H3,(H,27,31)(H,29,30)/b28-13-. The molecule has 3 aromatic rings. The zero-order valence-corrected chi connectivity index (χ0v) is 19.0. The van der Waals surface area contributed by atoms with Gasteiger partial charge in [-0.2, -0.15) is 5.10 Å². The van der Waals surface area contributed by atoms with E-state index >= 15 is 0 Å². The average Bonchev–Trinajstić information content (AvgIpc) is 2.78. The average molecular weight is 484 g/mol. The molecule has 2 amide bonds. The molecule has 0 aliphatic carbocycles. The molecule has 0 aromatic heterocycles. The van der Waals surface area contributed by atoms with Gasteiger partial charge in [-0.3, -0.25) is 9.59 Å². The predicted molar refractivity (Wildman–Crippen MR) is 127 cm³/mol. The Morgan fingerprint density at radius 2 is 1.76 bits per heavy atom. The first kappa shape index (κ1) is 24.0. The number of aryl methyl sites for hydroxylation is 1. The first-order chi connectivity index (χ1) is 15.8. The summed E-state index contributed by atoms with van der Waals surface area (Å²) in [7, 11) is 0. The van der Waals surface area contributed by atoms with E-state index in [1.807, 2.05) is 19.1 Å². The lowest BCUT2D eigenvalue weighted by molar-refractivity contribution is -0.120. The molecule has 2 N–H and O–H groups in total. The van der Waals surface area contributed by atoms with Crippen LogP contribution >= 0.6 is 23.2 Å². The molecule has 168 valence electrons. The molecule has 7 nitrogen and oxygen atoms in total. The quantitative estimate of drug-likeness (QED) is 0.225. The minimum atomic E-state index is -0.636. The summed E-state index contributed by atoms with van der Waals surface area (Å²) in [5, 5.41) is 6.99. The van der Waals surface area contributed by atoms with Crippen molar-refractivity contribution >= 4 is 47.2 Å². The van der Waals surface area contributed by atoms with Crippen LogP contribution in [0.3, 0.4) is 0 Å². The van der Waals surface area contributed by atoms with Gasteiger partial charge in [0.05, 0.1) is 23.3 Å². The Balaban J connectivity index is 1.52. The smallest absolute Gasteiger partial charge is 0.345 e. The van der Waals surface area contributed by atoms with Crippen LogP contribution in [0.5, 0.6) is 5.75 Å². The van der Waals surface area contributed by atoms with Gasteiger partial charge >= 0.3 is 5.97 Å². The zero-order valence-electron chi connectivity index (χ0n) is 17.5. The summed E-state index contributed by atoms with van der Waals surface area (Å²) in [6.07, 6.45) is 1.38. The Hall–Kier alpha value is -3.68. The van der Waals surface area contributed by atoms with Gasteiger partial charge < -0.3 is 10.1 Å². The molecule has 0 heterocycles. The van der Waals surface area contributed by atoms with Crippen molar-refractivity contribution in [3.63, 3.8) is 0 Å². The number of esters is 1. The second-order valence-electron chi connectivity index (χ2n) is 6.88. The number of carbonyl (C=O) groups is 3. The number of carbonyl (C=O) groups excluding carboxylic acids is 3. The van der Waals surface area contributed by atoms with E-state index in [1.165, 1.54) is 18.3 Å². The van der Waals surface area contributed by atoms with Crippen molar-refractivity contribution in [1.82, 2.24) is 10.7 Å². The van der Waals surface area contributed by atoms with E-state index in [0.717, 1.165) is 5.56 Å². The molecule has 3 aromatic carbocycles. The van der Waals surface area contributed by atoms with Gasteiger partial charge in [-0.1, -0.05) is 53.5 Å². The highest BCUT2D eigenvalue weighted by atomic mass is 35.5. The molecular weight excluding hydrogens is 465 g/mol. The Labute approximate surface area is 200 Å². The molecule has 3 rings (SSSR count). The van der Waals surface area contributed by atoms with Gasteiger partial charge in [0, 0.05) is 10.6 Å². The number of halogens is 2. The van der Waals surface area contributed by atoms with Crippen LogP contribution in [0.1, 0.15) is 31.8 Å². The van der Waals surface area contributed by atoms with E-state index in [9.17, 15) is 14.4 Å². The summed E-state index contributed by atoms with van der Waals surface area (Å²) in [6, 6.07) is 18.1. The molecule has 0 aliphatic rings. The number of hydrogen-bond donors (Lipinski definition) is 2. The van der Waals surface area contributed by atoms with E-state index < -0.39 is 11.9 Å². The maximum Gasteiger partial charge on any atom is 0.345 e. The van der Waals surface area contributed by atoms with Crippen LogP contribution in [-0.4, -0.2) is 30.5 Å². The van der Waals surface area contributed by atoms with Crippen LogP contribution in [0.25, 0.3) is 0 Å². The van der Waals surface area contributed by atoms with Crippen LogP contribution in [0.4, 0.5) is 0 Å². The lowest BCUT2D eigenvalue weighted by Gasteiger charge is -2.07. The molecule has 0 saturated carbocycles. The fourth-order valence-corrected chi connectivity index (χ4v) is 3.26. The second kappa shape index (κ2) is 11.3. The van der Waals surface area contributed by atoms with Gasteiger partial charge in [-0.25, -0.2) is 10.2 Å². The van der Waals surface area contributed by atoms with Crippen LogP contribution in [0.15, 0.2) is 71.8 Å². The summed E-state index contributed by atoms with van der Waals surface area (Å²) in [6.45, 7) is 1.58. The Bertz CT molecular complexity index is 1230. The van der Waals surface area contributed by atoms with Crippen LogP contribution < -0.4 is 15.5 Å². The van der Waals surface area contributed by atoms with Crippen molar-refractivity contribution in [2.75, 3.05) is 6.54 Å². The largest absolute Gasteiger partial charge is 0.423 e. The van der Waals surface area contributed by atoms with Gasteiger partial charge in [0.25, 0.3) is 11.8 Å². The Morgan fingerprint density at radius 1 is 0.970 bits per heavy atom. The molecule has 0 fully saturated rings. The first-order valence-electron chi connectivity index (χ1n) is 9.76. The van der Waals surface area contributed by atoms with Gasteiger partial charge in [-0.15, -0.1) is 0 Å². The summed E-state index contributed by atoms with van der Waals surface area (Å²) < 4.78 is 5.34. The van der Waals surface area contributed by atoms with Crippen molar-refractivity contribution in [2.45, 2.75) is 6.92 Å². The van der Waals surface area contributed by atoms with Crippen LogP contribution in [-0.2, 0) is 4.79 Å². The van der Waals surface area contributed by atoms with Gasteiger partial charge in [0.15, 0.2) is 0 Å². The number of hydrogen-bond acceptors (Lipinski definition) is 5. The van der Waals surface area contributed by atoms with E-state index in [1.54, 1.807) is 42.5 Å². The SMILES string of the molecule is Cc1ccccc1C(=O)NCC(=O)N/N=C\c1cccc(OC(=O)c2ccc(Cl)cc2Cl)c1. The van der Waals surface area contributed by atoms with Gasteiger partial charge in [-0.05, 0) is 54.4 Å². The molecule has 0 aliphatic heterocycles. The summed E-state index contributed by atoms with van der Waals surface area (Å²) in [4.78, 5) is 36.4. The zero-order chi connectivity index (χ0) is 23.8. The summed E-state index contributed by atoms with van der Waals surface area (Å²) in [5.74, 6) is -1.20. The number of amides is 2. The highest BCUT2D eigenvalue weighted by Gasteiger charge is 2.13. The van der Waals surface area contributed by atoms with Crippen LogP contribution in [0, 0.1) is 6.92 Å². The van der Waals surface area contributed by atoms with Crippen molar-refractivity contribution in [2.24, 2.45) is 5.10 Å². The number of benzene rings is 3. The normalized spacial score (nSPS) is 10.6. The van der Waals surface area contributed by atoms with Gasteiger partial charge in [0.2, 0.25) is 0 Å². The minimum absolute atomic E-state index is 0.181. The third-order valence-corrected chi connectivity index (χ3v) is 4.97. The third-order valence-electron chi connectivity index (χ3n) is 4.42. The van der Waals surface area contributed by atoms with E-state index in [0.29, 0.717) is 16.1 Å². The highest BCUT2D eigenvalue weighted by molar-refractivity contribution is 6.36. The van der Waals surface area contributed by atoms with E-state index in [-0.39, 0.29) is 28.8 Å². The lowest BCUT2D eigenvalue weighted by atomic mass is 10.1. The number of ether oxygens (including phenoxy) is 1. The monoisotopic (exact) mass is 483 g/mol. The van der Waals surface area contributed by atoms with Crippen molar-refractivity contribution in [3.05, 3.63) is 99.0 Å². The number of rotatable bonds is 7. The topological polar surface area (TPSA) is 96.9 Å². The molecular formula is C24H19Cl2N3O4. The summed E-state index contributed by atoms with van der Waals surface area (Å²) in [5.41, 5.74) is 4.40. The molecule has 0 atom stereocenters. The molecule has 0 saturated heterocycles. The van der Waals surface area contributed by atoms with Crippen LogP contribution in [0.2, 0.25) is 10.0 Å². The molecule has 0 unspecified atom stereocenters. The Kier molecular flexibility index (Phi) is 8.18. The summed E-state index contributed by atoms with van der Waals surface area (Å²) >= 11 is 11.9. The first-order valence-corrected chi connectivity index (χ1v) is 10.5. The molecule has 0 spiro atoms. The molecule has 0 bridgehead atoms. The van der Waals surface area contributed by atoms with E-state index in [2.05, 4.69) is 15.8 Å². The fourth-order valence-electron chi connectivity index (χ4n) is 2.78. The molecule has 33 heavy (non-hydrogen) atoms. The molecule has 0 radical (unpaired) electrons. The van der Waals surface area contributed by atoms with Gasteiger partial charge in [0.1, 0.15) is 5.75 Å². The highest BCUT2D eigenvalue weighted by Crippen LogP contribution is 2.23. The number of hydrazone groups is 1. The lowest BCUT2D eigenvalue weighted by Crippen LogP contribution is -2.35. The van der Waals surface area contributed by atoms with Crippen molar-refractivity contribution in [3.8, 4) is 5.75 Å². The second-order valence-corrected chi connectivity index (χ2v) is 7.72. The van der Waals surface area contributed by atoms with E-state index in [4.69, 9.17) is 27.9 Å². The van der Waals surface area contributed by atoms with Crippen molar-refractivity contribution in [1.29, 1.82) is 0 Å². The maximum atomic E-state index is 12.3. The fraction of sp³-hybridized carbons (Fsp3) is 0.0833. The number of nitrogens with zero attached hydrogens (tertiary/aromatic N) is 1. The maximum absolute atomic E-state index is 12.3. The number of nitrogens with one attached hydrogen (secondary N) is 2. The Morgan fingerprint density at radius 3 is 2.52 bits per heavy atom. The minimum Gasteiger partial charge on any atom is -0.423 e. The predicted octanol–water partition coefficient (Wildman–Crippen LogP) is 4.40. The van der Waals surface area contributed by atoms with Crippen molar-refractivity contribution < 1.29 is 19.1 Å². The third kappa shape index (κ3) is 6.90. The molecule has 9 heteroatoms.